The first-order valence-electron chi connectivity index (χ1n) is 14.7. The van der Waals surface area contributed by atoms with Gasteiger partial charge in [-0.05, 0) is 55.4 Å². The number of carbonyl (C=O) groups excluding carboxylic acids is 2. The minimum absolute atomic E-state index is 0.0933. The molecule has 226 valence electrons. The van der Waals surface area contributed by atoms with Crippen molar-refractivity contribution in [3.63, 3.8) is 0 Å². The van der Waals surface area contributed by atoms with Crippen molar-refractivity contribution in [1.29, 1.82) is 0 Å². The molecule has 0 aromatic heterocycles. The van der Waals surface area contributed by atoms with Crippen LogP contribution in [0.5, 0.6) is 11.5 Å². The van der Waals surface area contributed by atoms with Crippen LogP contribution in [0.3, 0.4) is 0 Å². The Kier molecular flexibility index (Phi) is 9.46. The van der Waals surface area contributed by atoms with E-state index in [0.717, 1.165) is 27.8 Å². The topological polar surface area (TPSA) is 94.1 Å². The number of amides is 1. The number of ether oxygens (including phenoxy) is 2. The highest BCUT2D eigenvalue weighted by Crippen LogP contribution is 2.42. The summed E-state index contributed by atoms with van der Waals surface area (Å²) in [7, 11) is 1.55. The number of phenols is 1. The monoisotopic (exact) mass is 591 g/mol. The Morgan fingerprint density at radius 1 is 0.932 bits per heavy atom. The van der Waals surface area contributed by atoms with Crippen molar-refractivity contribution >= 4 is 11.9 Å². The maximum Gasteiger partial charge on any atom is 0.342 e. The lowest BCUT2D eigenvalue weighted by atomic mass is 9.80. The number of hydrogen-bond donors (Lipinski definition) is 2. The van der Waals surface area contributed by atoms with Crippen LogP contribution in [0.15, 0.2) is 103 Å². The zero-order valence-corrected chi connectivity index (χ0v) is 25.3. The van der Waals surface area contributed by atoms with Crippen LogP contribution in [0.25, 0.3) is 0 Å². The van der Waals surface area contributed by atoms with Gasteiger partial charge in [0.1, 0.15) is 23.7 Å². The van der Waals surface area contributed by atoms with E-state index < -0.39 is 11.6 Å². The number of nitrogens with one attached hydrogen (secondary N) is 1. The van der Waals surface area contributed by atoms with Crippen LogP contribution in [-0.4, -0.2) is 24.1 Å². The molecule has 1 aliphatic rings. The van der Waals surface area contributed by atoms with Gasteiger partial charge in [-0.1, -0.05) is 103 Å². The van der Waals surface area contributed by atoms with Gasteiger partial charge in [-0.3, -0.25) is 9.63 Å². The Labute approximate surface area is 258 Å². The Morgan fingerprint density at radius 3 is 2.00 bits per heavy atom. The highest BCUT2D eigenvalue weighted by Gasteiger charge is 2.39. The number of esters is 1. The van der Waals surface area contributed by atoms with Crippen LogP contribution in [0.2, 0.25) is 0 Å². The second kappa shape index (κ2) is 13.6. The average Bonchev–Trinajstić information content (AvgIpc) is 3.45. The molecule has 4 aromatic rings. The van der Waals surface area contributed by atoms with E-state index in [0.29, 0.717) is 36.1 Å². The predicted molar refractivity (Wildman–Crippen MR) is 168 cm³/mol. The SMILES string of the molecule is COc1c(C)c2c(c(O)c1C/C=C(\C)CCCC(=O)NOC(c1ccccc1)(c1ccccc1)c1ccccc1)C(=O)OC2. The molecule has 2 N–H and O–H groups in total. The smallest absolute Gasteiger partial charge is 0.342 e. The molecule has 7 heteroatoms. The van der Waals surface area contributed by atoms with E-state index in [1.807, 2.05) is 111 Å². The number of allylic oxidation sites excluding steroid dienone is 2. The van der Waals surface area contributed by atoms with Crippen molar-refractivity contribution in [3.05, 3.63) is 142 Å². The van der Waals surface area contributed by atoms with Crippen molar-refractivity contribution in [1.82, 2.24) is 5.48 Å². The molecule has 0 bridgehead atoms. The fourth-order valence-electron chi connectivity index (χ4n) is 5.81. The van der Waals surface area contributed by atoms with Gasteiger partial charge in [0.2, 0.25) is 5.91 Å². The van der Waals surface area contributed by atoms with Gasteiger partial charge < -0.3 is 14.6 Å². The zero-order chi connectivity index (χ0) is 31.1. The third kappa shape index (κ3) is 6.10. The van der Waals surface area contributed by atoms with Gasteiger partial charge in [-0.2, -0.15) is 0 Å². The summed E-state index contributed by atoms with van der Waals surface area (Å²) in [4.78, 5) is 31.7. The number of cyclic esters (lactones) is 1. The number of carbonyl (C=O) groups is 2. The number of phenolic OH excluding ortho intramolecular Hbond substituents is 1. The Bertz CT molecular complexity index is 1550. The second-order valence-corrected chi connectivity index (χ2v) is 10.9. The maximum absolute atomic E-state index is 13.1. The third-order valence-electron chi connectivity index (χ3n) is 8.14. The van der Waals surface area contributed by atoms with Gasteiger partial charge in [0.25, 0.3) is 0 Å². The second-order valence-electron chi connectivity index (χ2n) is 10.9. The van der Waals surface area contributed by atoms with Gasteiger partial charge in [-0.25, -0.2) is 10.3 Å². The maximum atomic E-state index is 13.1. The van der Waals surface area contributed by atoms with E-state index >= 15 is 0 Å². The molecule has 1 heterocycles. The highest BCUT2D eigenvalue weighted by atomic mass is 16.7. The van der Waals surface area contributed by atoms with Crippen LogP contribution in [0.4, 0.5) is 0 Å². The van der Waals surface area contributed by atoms with Crippen molar-refractivity contribution in [3.8, 4) is 11.5 Å². The molecule has 44 heavy (non-hydrogen) atoms. The Morgan fingerprint density at radius 2 is 1.48 bits per heavy atom. The zero-order valence-electron chi connectivity index (χ0n) is 25.3. The van der Waals surface area contributed by atoms with Crippen LogP contribution < -0.4 is 10.2 Å². The van der Waals surface area contributed by atoms with E-state index in [1.54, 1.807) is 7.11 Å². The minimum atomic E-state index is -1.04. The van der Waals surface area contributed by atoms with Crippen LogP contribution in [0, 0.1) is 6.92 Å². The average molecular weight is 592 g/mol. The molecular formula is C37H37NO6. The summed E-state index contributed by atoms with van der Waals surface area (Å²) >= 11 is 0. The summed E-state index contributed by atoms with van der Waals surface area (Å²) in [5.74, 6) is -0.283. The first-order valence-corrected chi connectivity index (χ1v) is 14.7. The fourth-order valence-corrected chi connectivity index (χ4v) is 5.81. The summed E-state index contributed by atoms with van der Waals surface area (Å²) < 4.78 is 10.7. The van der Waals surface area contributed by atoms with Crippen molar-refractivity contribution < 1.29 is 29.0 Å². The first-order chi connectivity index (χ1) is 21.4. The quantitative estimate of drug-likeness (QED) is 0.0792. The molecule has 0 saturated heterocycles. The molecule has 0 unspecified atom stereocenters. The normalized spacial score (nSPS) is 12.9. The molecule has 7 nitrogen and oxygen atoms in total. The van der Waals surface area contributed by atoms with Gasteiger partial charge in [0.15, 0.2) is 5.60 Å². The number of rotatable bonds is 12. The molecule has 0 saturated carbocycles. The molecule has 5 rings (SSSR count). The van der Waals surface area contributed by atoms with Crippen LogP contribution >= 0.6 is 0 Å². The fraction of sp³-hybridized carbons (Fsp3) is 0.243. The van der Waals surface area contributed by atoms with E-state index in [2.05, 4.69) is 5.48 Å². The minimum Gasteiger partial charge on any atom is -0.507 e. The Balaban J connectivity index is 1.27. The third-order valence-corrected chi connectivity index (χ3v) is 8.14. The van der Waals surface area contributed by atoms with E-state index in [1.165, 1.54) is 0 Å². The van der Waals surface area contributed by atoms with Gasteiger partial charge in [0, 0.05) is 17.5 Å². The molecule has 0 aliphatic carbocycles. The molecule has 1 aliphatic heterocycles. The number of hydroxylamine groups is 1. The van der Waals surface area contributed by atoms with Gasteiger partial charge in [0.05, 0.1) is 7.11 Å². The van der Waals surface area contributed by atoms with Gasteiger partial charge >= 0.3 is 5.97 Å². The molecule has 4 aromatic carbocycles. The molecule has 0 radical (unpaired) electrons. The number of hydrogen-bond acceptors (Lipinski definition) is 6. The largest absolute Gasteiger partial charge is 0.507 e. The number of fused-ring (bicyclic) bond motifs is 1. The summed E-state index contributed by atoms with van der Waals surface area (Å²) in [6, 6.07) is 29.6. The van der Waals surface area contributed by atoms with Gasteiger partial charge in [-0.15, -0.1) is 0 Å². The molecular weight excluding hydrogens is 554 g/mol. The highest BCUT2D eigenvalue weighted by molar-refractivity contribution is 5.98. The van der Waals surface area contributed by atoms with E-state index in [4.69, 9.17) is 14.3 Å². The Hall–Kier alpha value is -4.88. The predicted octanol–water partition coefficient (Wildman–Crippen LogP) is 7.08. The molecule has 0 spiro atoms. The molecule has 0 fully saturated rings. The number of benzene rings is 4. The number of methoxy groups -OCH3 is 1. The standard InChI is InChI=1S/C37H37NO6/c1-25(22-23-30-34(40)33-31(24-43-36(33)41)26(2)35(30)42-3)14-13-21-32(39)38-44-37(27-15-7-4-8-16-27,28-17-9-5-10-18-28)29-19-11-6-12-20-29/h4-12,15-20,22,40H,13-14,21,23-24H2,1-3H3,(H,38,39)/b25-22+. The molecule has 1 amide bonds. The van der Waals surface area contributed by atoms with E-state index in [9.17, 15) is 14.7 Å². The first kappa shape index (κ1) is 30.6. The lowest BCUT2D eigenvalue weighted by molar-refractivity contribution is -0.143. The summed E-state index contributed by atoms with van der Waals surface area (Å²) in [5.41, 5.74) is 7.67. The van der Waals surface area contributed by atoms with Crippen LogP contribution in [-0.2, 0) is 33.0 Å². The molecule has 0 atom stereocenters. The lowest BCUT2D eigenvalue weighted by Gasteiger charge is -2.35. The van der Waals surface area contributed by atoms with Crippen LogP contribution in [0.1, 0.15) is 69.9 Å². The van der Waals surface area contributed by atoms with Crippen molar-refractivity contribution in [2.45, 2.75) is 51.7 Å². The van der Waals surface area contributed by atoms with E-state index in [-0.39, 0.29) is 30.2 Å². The van der Waals surface area contributed by atoms with Crippen molar-refractivity contribution in [2.75, 3.05) is 7.11 Å². The number of aromatic hydroxyl groups is 1. The summed E-state index contributed by atoms with van der Waals surface area (Å²) in [6.45, 7) is 3.98. The van der Waals surface area contributed by atoms with Crippen molar-refractivity contribution in [2.24, 2.45) is 0 Å². The summed E-state index contributed by atoms with van der Waals surface area (Å²) in [6.07, 6.45) is 3.90. The summed E-state index contributed by atoms with van der Waals surface area (Å²) in [5, 5.41) is 10.9. The lowest BCUT2D eigenvalue weighted by Crippen LogP contribution is -2.40.